The molecular weight excluding hydrogens is 326 g/mol. The summed E-state index contributed by atoms with van der Waals surface area (Å²) < 4.78 is 0. The number of benzene rings is 2. The Morgan fingerprint density at radius 2 is 1.59 bits per heavy atom. The molecule has 1 nitrogen and oxygen atoms in total. The van der Waals surface area contributed by atoms with Crippen LogP contribution in [0.15, 0.2) is 103 Å². The number of allylic oxidation sites excluding steroid dienone is 10. The zero-order valence-electron chi connectivity index (χ0n) is 15.3. The molecule has 0 radical (unpaired) electrons. The summed E-state index contributed by atoms with van der Waals surface area (Å²) >= 11 is 0. The second-order valence-corrected chi connectivity index (χ2v) is 7.45. The second-order valence-electron chi connectivity index (χ2n) is 7.45. The van der Waals surface area contributed by atoms with Gasteiger partial charge in [-0.25, -0.2) is 0 Å². The third-order valence-electron chi connectivity index (χ3n) is 5.63. The molecule has 0 amide bonds. The van der Waals surface area contributed by atoms with Gasteiger partial charge < -0.3 is 5.32 Å². The maximum Gasteiger partial charge on any atom is 0.0382 e. The van der Waals surface area contributed by atoms with Crippen molar-refractivity contribution in [2.75, 3.05) is 5.32 Å². The van der Waals surface area contributed by atoms with Gasteiger partial charge in [0.15, 0.2) is 0 Å². The van der Waals surface area contributed by atoms with Gasteiger partial charge in [-0.15, -0.1) is 0 Å². The molecule has 1 N–H and O–H groups in total. The fourth-order valence-electron chi connectivity index (χ4n) is 4.07. The molecule has 3 aliphatic rings. The molecular formula is C26H23N. The Bertz CT molecular complexity index is 984. The van der Waals surface area contributed by atoms with Crippen LogP contribution in [0, 0.1) is 11.8 Å². The Morgan fingerprint density at radius 1 is 0.741 bits per heavy atom. The normalized spacial score (nSPS) is 22.9. The number of hydrogen-bond donors (Lipinski definition) is 1. The molecule has 2 aromatic rings. The van der Waals surface area contributed by atoms with E-state index in [9.17, 15) is 0 Å². The van der Waals surface area contributed by atoms with Crippen LogP contribution in [0.3, 0.4) is 0 Å². The van der Waals surface area contributed by atoms with E-state index in [0.717, 1.165) is 6.42 Å². The molecule has 2 atom stereocenters. The van der Waals surface area contributed by atoms with E-state index in [1.807, 2.05) is 0 Å². The number of fused-ring (bicyclic) bond motifs is 1. The Hall–Kier alpha value is -3.06. The molecule has 1 fully saturated rings. The maximum absolute atomic E-state index is 3.65. The fourth-order valence-corrected chi connectivity index (χ4v) is 4.07. The topological polar surface area (TPSA) is 12.0 Å². The first-order valence-electron chi connectivity index (χ1n) is 9.76. The zero-order valence-corrected chi connectivity index (χ0v) is 15.3. The van der Waals surface area contributed by atoms with Gasteiger partial charge in [0.05, 0.1) is 0 Å². The summed E-state index contributed by atoms with van der Waals surface area (Å²) in [4.78, 5) is 0. The molecule has 1 saturated carbocycles. The quantitative estimate of drug-likeness (QED) is 0.654. The van der Waals surface area contributed by atoms with E-state index in [4.69, 9.17) is 0 Å². The van der Waals surface area contributed by atoms with Crippen molar-refractivity contribution in [2.45, 2.75) is 12.8 Å². The zero-order chi connectivity index (χ0) is 18.1. The predicted octanol–water partition coefficient (Wildman–Crippen LogP) is 6.62. The van der Waals surface area contributed by atoms with E-state index in [1.54, 1.807) is 0 Å². The van der Waals surface area contributed by atoms with E-state index in [-0.39, 0.29) is 0 Å². The highest BCUT2D eigenvalue weighted by Gasteiger charge is 2.44. The lowest BCUT2D eigenvalue weighted by molar-refractivity contribution is 0.929. The van der Waals surface area contributed by atoms with Gasteiger partial charge in [0.25, 0.3) is 0 Å². The molecule has 0 spiro atoms. The molecule has 5 rings (SSSR count). The fraction of sp³-hybridized carbons (Fsp3) is 0.154. The van der Waals surface area contributed by atoms with Crippen molar-refractivity contribution in [1.29, 1.82) is 0 Å². The number of anilines is 1. The molecule has 2 aromatic carbocycles. The first-order valence-corrected chi connectivity index (χ1v) is 9.76. The minimum atomic E-state index is 0.641. The highest BCUT2D eigenvalue weighted by atomic mass is 14.9. The molecule has 0 saturated heterocycles. The van der Waals surface area contributed by atoms with Crippen LogP contribution in [-0.4, -0.2) is 0 Å². The van der Waals surface area contributed by atoms with Crippen LogP contribution in [0.25, 0.3) is 11.1 Å². The molecule has 27 heavy (non-hydrogen) atoms. The van der Waals surface area contributed by atoms with Crippen LogP contribution in [0.5, 0.6) is 0 Å². The van der Waals surface area contributed by atoms with Crippen LogP contribution in [-0.2, 0) is 0 Å². The lowest BCUT2D eigenvalue weighted by atomic mass is 9.95. The lowest BCUT2D eigenvalue weighted by Gasteiger charge is -2.16. The van der Waals surface area contributed by atoms with Gasteiger partial charge in [0, 0.05) is 17.3 Å². The molecule has 2 unspecified atom stereocenters. The summed E-state index contributed by atoms with van der Waals surface area (Å²) in [5.41, 5.74) is 7.90. The summed E-state index contributed by atoms with van der Waals surface area (Å²) in [5, 5.41) is 3.65. The third kappa shape index (κ3) is 3.33. The van der Waals surface area contributed by atoms with Crippen molar-refractivity contribution in [3.8, 4) is 0 Å². The van der Waals surface area contributed by atoms with Crippen molar-refractivity contribution in [1.82, 2.24) is 0 Å². The second kappa shape index (κ2) is 6.92. The van der Waals surface area contributed by atoms with Gasteiger partial charge in [-0.3, -0.25) is 0 Å². The number of rotatable bonds is 4. The van der Waals surface area contributed by atoms with Gasteiger partial charge in [-0.2, -0.15) is 0 Å². The smallest absolute Gasteiger partial charge is 0.0382 e. The predicted molar refractivity (Wildman–Crippen MR) is 115 cm³/mol. The van der Waals surface area contributed by atoms with E-state index < -0.39 is 0 Å². The summed E-state index contributed by atoms with van der Waals surface area (Å²) in [6.45, 7) is 0. The van der Waals surface area contributed by atoms with Gasteiger partial charge in [-0.1, -0.05) is 78.9 Å². The van der Waals surface area contributed by atoms with Crippen LogP contribution >= 0.6 is 0 Å². The minimum Gasteiger partial charge on any atom is -0.359 e. The summed E-state index contributed by atoms with van der Waals surface area (Å²) in [6.07, 6.45) is 17.7. The van der Waals surface area contributed by atoms with Crippen LogP contribution < -0.4 is 5.32 Å². The average molecular weight is 349 g/mol. The molecule has 0 heterocycles. The summed E-state index contributed by atoms with van der Waals surface area (Å²) in [5.74, 6) is 1.31. The summed E-state index contributed by atoms with van der Waals surface area (Å²) in [7, 11) is 0. The Kier molecular flexibility index (Phi) is 4.14. The standard InChI is InChI=1S/C26H23N/c1-2-5-9-19(8-4-1)20-12-14-22(15-13-20)27-26-17-16-23(24-18-25(24)26)21-10-6-3-7-11-21/h1,3-17,24-25,27H,2,18H2. The largest absolute Gasteiger partial charge is 0.359 e. The monoisotopic (exact) mass is 349 g/mol. The molecule has 0 bridgehead atoms. The van der Waals surface area contributed by atoms with Gasteiger partial charge >= 0.3 is 0 Å². The Morgan fingerprint density at radius 3 is 2.44 bits per heavy atom. The van der Waals surface area contributed by atoms with E-state index in [0.29, 0.717) is 11.8 Å². The SMILES string of the molecule is C1=CCC=CC(c2ccc(NC3=CC=C(c4ccccc4)C4CC34)cc2)=C1. The van der Waals surface area contributed by atoms with E-state index in [1.165, 1.54) is 40.1 Å². The maximum atomic E-state index is 3.65. The van der Waals surface area contributed by atoms with Crippen LogP contribution in [0.1, 0.15) is 24.0 Å². The highest BCUT2D eigenvalue weighted by Crippen LogP contribution is 2.54. The third-order valence-corrected chi connectivity index (χ3v) is 5.63. The minimum absolute atomic E-state index is 0.641. The molecule has 0 aliphatic heterocycles. The van der Waals surface area contributed by atoms with Gasteiger partial charge in [0.2, 0.25) is 0 Å². The van der Waals surface area contributed by atoms with Crippen molar-refractivity contribution in [3.63, 3.8) is 0 Å². The highest BCUT2D eigenvalue weighted by molar-refractivity contribution is 5.77. The first-order chi connectivity index (χ1) is 13.4. The van der Waals surface area contributed by atoms with E-state index >= 15 is 0 Å². The Balaban J connectivity index is 1.33. The lowest BCUT2D eigenvalue weighted by Crippen LogP contribution is -2.06. The summed E-state index contributed by atoms with van der Waals surface area (Å²) in [6, 6.07) is 19.6. The molecule has 0 aromatic heterocycles. The Labute approximate surface area is 161 Å². The number of hydrogen-bond acceptors (Lipinski definition) is 1. The molecule has 3 aliphatic carbocycles. The van der Waals surface area contributed by atoms with E-state index in [2.05, 4.69) is 102 Å². The van der Waals surface area contributed by atoms with Gasteiger partial charge in [0.1, 0.15) is 0 Å². The van der Waals surface area contributed by atoms with Crippen molar-refractivity contribution < 1.29 is 0 Å². The molecule has 132 valence electrons. The van der Waals surface area contributed by atoms with Crippen molar-refractivity contribution in [3.05, 3.63) is 114 Å². The first kappa shape index (κ1) is 16.1. The van der Waals surface area contributed by atoms with Crippen molar-refractivity contribution >= 4 is 16.8 Å². The van der Waals surface area contributed by atoms with Gasteiger partial charge in [-0.05, 0) is 59.2 Å². The molecule has 1 heteroatoms. The van der Waals surface area contributed by atoms with Crippen LogP contribution in [0.4, 0.5) is 5.69 Å². The average Bonchev–Trinajstić information content (AvgIpc) is 3.54. The van der Waals surface area contributed by atoms with Crippen LogP contribution in [0.2, 0.25) is 0 Å². The number of nitrogens with one attached hydrogen (secondary N) is 1. The van der Waals surface area contributed by atoms with Crippen molar-refractivity contribution in [2.24, 2.45) is 11.8 Å².